The van der Waals surface area contributed by atoms with Crippen LogP contribution in [-0.4, -0.2) is 39.0 Å². The monoisotopic (exact) mass is 272 g/mol. The van der Waals surface area contributed by atoms with E-state index in [-0.39, 0.29) is 5.91 Å². The van der Waals surface area contributed by atoms with Gasteiger partial charge in [0.15, 0.2) is 0 Å². The van der Waals surface area contributed by atoms with Crippen molar-refractivity contribution in [1.82, 2.24) is 9.88 Å². The van der Waals surface area contributed by atoms with E-state index in [1.54, 1.807) is 13.1 Å². The number of benzene rings is 1. The molecule has 0 radical (unpaired) electrons. The summed E-state index contributed by atoms with van der Waals surface area (Å²) in [6, 6.07) is 7.53. The molecule has 2 heterocycles. The number of para-hydroxylation sites is 1. The van der Waals surface area contributed by atoms with Crippen LogP contribution in [0.25, 0.3) is 10.9 Å². The molecule has 1 aliphatic heterocycles. The Morgan fingerprint density at radius 3 is 2.85 bits per heavy atom. The second-order valence-electron chi connectivity index (χ2n) is 5.39. The Labute approximate surface area is 116 Å². The van der Waals surface area contributed by atoms with Gasteiger partial charge in [-0.05, 0) is 25.8 Å². The highest BCUT2D eigenvalue weighted by Crippen LogP contribution is 2.32. The lowest BCUT2D eigenvalue weighted by Crippen LogP contribution is -2.50. The molecule has 3 rings (SSSR count). The van der Waals surface area contributed by atoms with Crippen LogP contribution >= 0.6 is 0 Å². The number of likely N-dealkylation sites (tertiary alicyclic amines) is 1. The second kappa shape index (κ2) is 4.37. The zero-order chi connectivity index (χ0) is 14.3. The maximum absolute atomic E-state index is 12.7. The average Bonchev–Trinajstić information content (AvgIpc) is 3.02. The van der Waals surface area contributed by atoms with Crippen molar-refractivity contribution < 1.29 is 14.7 Å². The molecule has 5 nitrogen and oxygen atoms in total. The number of aromatic nitrogens is 1. The van der Waals surface area contributed by atoms with Gasteiger partial charge < -0.3 is 15.0 Å². The standard InChI is InChI=1S/C15H16N2O3/c1-15(14(19)20)7-4-8-17(15)13(18)11-9-16-12-6-3-2-5-10(11)12/h2-3,5-6,9,16H,4,7-8H2,1H3,(H,19,20). The van der Waals surface area contributed by atoms with Crippen molar-refractivity contribution in [1.29, 1.82) is 0 Å². The summed E-state index contributed by atoms with van der Waals surface area (Å²) in [5, 5.41) is 10.2. The largest absolute Gasteiger partial charge is 0.480 e. The molecule has 0 aliphatic carbocycles. The van der Waals surface area contributed by atoms with Gasteiger partial charge in [0.25, 0.3) is 5.91 Å². The number of aromatic amines is 1. The number of carboxylic acid groups (broad SMARTS) is 1. The van der Waals surface area contributed by atoms with Gasteiger partial charge >= 0.3 is 5.97 Å². The zero-order valence-corrected chi connectivity index (χ0v) is 11.2. The molecule has 1 unspecified atom stereocenters. The van der Waals surface area contributed by atoms with Crippen molar-refractivity contribution in [3.63, 3.8) is 0 Å². The molecule has 104 valence electrons. The van der Waals surface area contributed by atoms with Crippen LogP contribution in [0.3, 0.4) is 0 Å². The number of hydrogen-bond donors (Lipinski definition) is 2. The number of H-pyrrole nitrogens is 1. The first-order valence-corrected chi connectivity index (χ1v) is 6.65. The van der Waals surface area contributed by atoms with E-state index in [0.29, 0.717) is 18.5 Å². The van der Waals surface area contributed by atoms with E-state index >= 15 is 0 Å². The number of rotatable bonds is 2. The van der Waals surface area contributed by atoms with Crippen LogP contribution in [-0.2, 0) is 4.79 Å². The number of hydrogen-bond acceptors (Lipinski definition) is 2. The van der Waals surface area contributed by atoms with Gasteiger partial charge in [-0.15, -0.1) is 0 Å². The highest BCUT2D eigenvalue weighted by Gasteiger charge is 2.46. The Bertz CT molecular complexity index is 691. The predicted octanol–water partition coefficient (Wildman–Crippen LogP) is 2.25. The summed E-state index contributed by atoms with van der Waals surface area (Å²) in [6.45, 7) is 2.11. The van der Waals surface area contributed by atoms with Gasteiger partial charge in [-0.25, -0.2) is 4.79 Å². The normalized spacial score (nSPS) is 22.4. The van der Waals surface area contributed by atoms with Gasteiger partial charge in [-0.2, -0.15) is 0 Å². The van der Waals surface area contributed by atoms with Crippen molar-refractivity contribution in [2.75, 3.05) is 6.54 Å². The molecule has 5 heteroatoms. The number of fused-ring (bicyclic) bond motifs is 1. The quantitative estimate of drug-likeness (QED) is 0.880. The second-order valence-corrected chi connectivity index (χ2v) is 5.39. The molecule has 20 heavy (non-hydrogen) atoms. The van der Waals surface area contributed by atoms with E-state index in [2.05, 4.69) is 4.98 Å². The Kier molecular flexibility index (Phi) is 2.78. The Balaban J connectivity index is 2.02. The van der Waals surface area contributed by atoms with Crippen molar-refractivity contribution in [2.45, 2.75) is 25.3 Å². The summed E-state index contributed by atoms with van der Waals surface area (Å²) >= 11 is 0. The molecule has 0 spiro atoms. The SMILES string of the molecule is CC1(C(=O)O)CCCN1C(=O)c1c[nH]c2ccccc12. The third kappa shape index (κ3) is 1.70. The topological polar surface area (TPSA) is 73.4 Å². The molecule has 1 atom stereocenters. The average molecular weight is 272 g/mol. The number of carbonyl (C=O) groups excluding carboxylic acids is 1. The molecule has 1 saturated heterocycles. The van der Waals surface area contributed by atoms with E-state index < -0.39 is 11.5 Å². The molecule has 0 saturated carbocycles. The number of nitrogens with zero attached hydrogens (tertiary/aromatic N) is 1. The van der Waals surface area contributed by atoms with Crippen molar-refractivity contribution in [2.24, 2.45) is 0 Å². The van der Waals surface area contributed by atoms with Crippen LogP contribution in [0, 0.1) is 0 Å². The van der Waals surface area contributed by atoms with Gasteiger partial charge in [-0.3, -0.25) is 4.79 Å². The number of nitrogens with one attached hydrogen (secondary N) is 1. The van der Waals surface area contributed by atoms with Crippen molar-refractivity contribution in [3.8, 4) is 0 Å². The van der Waals surface area contributed by atoms with Crippen LogP contribution in [0.5, 0.6) is 0 Å². The van der Waals surface area contributed by atoms with Crippen LogP contribution in [0.1, 0.15) is 30.1 Å². The Morgan fingerprint density at radius 2 is 2.10 bits per heavy atom. The molecule has 0 bridgehead atoms. The lowest BCUT2D eigenvalue weighted by molar-refractivity contribution is -0.147. The lowest BCUT2D eigenvalue weighted by atomic mass is 9.98. The van der Waals surface area contributed by atoms with Crippen LogP contribution in [0.2, 0.25) is 0 Å². The van der Waals surface area contributed by atoms with Gasteiger partial charge in [0, 0.05) is 23.6 Å². The molecule has 1 aliphatic rings. The number of amides is 1. The minimum absolute atomic E-state index is 0.218. The van der Waals surface area contributed by atoms with E-state index in [1.807, 2.05) is 24.3 Å². The fourth-order valence-corrected chi connectivity index (χ4v) is 2.91. The zero-order valence-electron chi connectivity index (χ0n) is 11.2. The molecule has 1 aromatic carbocycles. The Hall–Kier alpha value is -2.30. The fourth-order valence-electron chi connectivity index (χ4n) is 2.91. The summed E-state index contributed by atoms with van der Waals surface area (Å²) in [7, 11) is 0. The van der Waals surface area contributed by atoms with Crippen LogP contribution < -0.4 is 0 Å². The van der Waals surface area contributed by atoms with Crippen molar-refractivity contribution in [3.05, 3.63) is 36.0 Å². The molecule has 1 amide bonds. The Morgan fingerprint density at radius 1 is 1.35 bits per heavy atom. The van der Waals surface area contributed by atoms with Gasteiger partial charge in [0.1, 0.15) is 5.54 Å². The summed E-state index contributed by atoms with van der Waals surface area (Å²) in [4.78, 5) is 28.7. The molecule has 2 N–H and O–H groups in total. The smallest absolute Gasteiger partial charge is 0.329 e. The van der Waals surface area contributed by atoms with Gasteiger partial charge in [0.2, 0.25) is 0 Å². The van der Waals surface area contributed by atoms with Crippen LogP contribution in [0.4, 0.5) is 0 Å². The number of aliphatic carboxylic acids is 1. The van der Waals surface area contributed by atoms with Crippen LogP contribution in [0.15, 0.2) is 30.5 Å². The maximum atomic E-state index is 12.7. The first-order chi connectivity index (χ1) is 9.54. The minimum atomic E-state index is -1.10. The third-order valence-corrected chi connectivity index (χ3v) is 4.17. The highest BCUT2D eigenvalue weighted by molar-refractivity contribution is 6.08. The maximum Gasteiger partial charge on any atom is 0.329 e. The summed E-state index contributed by atoms with van der Waals surface area (Å²) in [5.41, 5.74) is 0.317. The minimum Gasteiger partial charge on any atom is -0.480 e. The molecular formula is C15H16N2O3. The summed E-state index contributed by atoms with van der Waals surface area (Å²) in [6.07, 6.45) is 2.88. The third-order valence-electron chi connectivity index (χ3n) is 4.17. The molecule has 2 aromatic rings. The van der Waals surface area contributed by atoms with Gasteiger partial charge in [-0.1, -0.05) is 18.2 Å². The van der Waals surface area contributed by atoms with Crippen molar-refractivity contribution >= 4 is 22.8 Å². The molecule has 1 aromatic heterocycles. The van der Waals surface area contributed by atoms with E-state index in [0.717, 1.165) is 17.3 Å². The lowest BCUT2D eigenvalue weighted by Gasteiger charge is -2.31. The number of carboxylic acids is 1. The highest BCUT2D eigenvalue weighted by atomic mass is 16.4. The van der Waals surface area contributed by atoms with E-state index in [1.165, 1.54) is 4.90 Å². The summed E-state index contributed by atoms with van der Waals surface area (Å²) in [5.74, 6) is -1.16. The summed E-state index contributed by atoms with van der Waals surface area (Å²) < 4.78 is 0. The first kappa shape index (κ1) is 12.7. The predicted molar refractivity (Wildman–Crippen MR) is 74.6 cm³/mol. The molecular weight excluding hydrogens is 256 g/mol. The fraction of sp³-hybridized carbons (Fsp3) is 0.333. The number of carbonyl (C=O) groups is 2. The first-order valence-electron chi connectivity index (χ1n) is 6.65. The van der Waals surface area contributed by atoms with Gasteiger partial charge in [0.05, 0.1) is 5.56 Å². The molecule has 1 fully saturated rings. The van der Waals surface area contributed by atoms with E-state index in [4.69, 9.17) is 0 Å². The van der Waals surface area contributed by atoms with E-state index in [9.17, 15) is 14.7 Å².